The van der Waals surface area contributed by atoms with Crippen molar-refractivity contribution in [3.63, 3.8) is 0 Å². The molecule has 0 amide bonds. The van der Waals surface area contributed by atoms with Gasteiger partial charge in [-0.2, -0.15) is 5.26 Å². The van der Waals surface area contributed by atoms with Crippen molar-refractivity contribution >= 4 is 16.6 Å². The average molecular weight is 428 g/mol. The second-order valence-electron chi connectivity index (χ2n) is 9.00. The van der Waals surface area contributed by atoms with Crippen molar-refractivity contribution in [2.24, 2.45) is 0 Å². The van der Waals surface area contributed by atoms with E-state index in [-0.39, 0.29) is 0 Å². The van der Waals surface area contributed by atoms with Gasteiger partial charge in [-0.05, 0) is 88.3 Å². The first-order valence-electron chi connectivity index (χ1n) is 12.0. The molecule has 0 atom stereocenters. The van der Waals surface area contributed by atoms with Gasteiger partial charge in [0, 0.05) is 40.4 Å². The minimum Gasteiger partial charge on any atom is -0.383 e. The SMILES string of the molecule is C=C1CCC(n2cc(-c3cccc(NC(C)C)c3C)c3cc(C#N)c(C)cc32)CC1.CC. The maximum absolute atomic E-state index is 9.65. The molecule has 0 spiro atoms. The molecule has 0 saturated heterocycles. The van der Waals surface area contributed by atoms with E-state index in [2.05, 4.69) is 79.8 Å². The number of aromatic nitrogens is 1. The predicted octanol–water partition coefficient (Wildman–Crippen LogP) is 8.31. The summed E-state index contributed by atoms with van der Waals surface area (Å²) in [6.07, 6.45) is 6.79. The van der Waals surface area contributed by atoms with Crippen LogP contribution in [0.4, 0.5) is 5.69 Å². The minimum atomic E-state index is 0.378. The summed E-state index contributed by atoms with van der Waals surface area (Å²) < 4.78 is 2.47. The maximum Gasteiger partial charge on any atom is 0.0994 e. The molecule has 1 saturated carbocycles. The summed E-state index contributed by atoms with van der Waals surface area (Å²) in [5.74, 6) is 0. The second kappa shape index (κ2) is 10.1. The zero-order valence-corrected chi connectivity index (χ0v) is 20.5. The molecule has 2 aromatic carbocycles. The van der Waals surface area contributed by atoms with Crippen molar-refractivity contribution in [3.8, 4) is 17.2 Å². The van der Waals surface area contributed by atoms with Gasteiger partial charge in [0.15, 0.2) is 0 Å². The number of allylic oxidation sites excluding steroid dienone is 1. The number of benzene rings is 2. The molecule has 3 nitrogen and oxygen atoms in total. The van der Waals surface area contributed by atoms with E-state index in [1.54, 1.807) is 0 Å². The van der Waals surface area contributed by atoms with Gasteiger partial charge in [0.2, 0.25) is 0 Å². The number of nitrogens with zero attached hydrogens (tertiary/aromatic N) is 2. The van der Waals surface area contributed by atoms with Crippen LogP contribution in [0.5, 0.6) is 0 Å². The molecule has 3 aromatic rings. The van der Waals surface area contributed by atoms with Crippen LogP contribution in [0, 0.1) is 25.2 Å². The van der Waals surface area contributed by atoms with Crippen LogP contribution in [-0.2, 0) is 0 Å². The molecule has 168 valence electrons. The van der Waals surface area contributed by atoms with E-state index < -0.39 is 0 Å². The molecule has 1 aliphatic carbocycles. The molecule has 1 heterocycles. The predicted molar refractivity (Wildman–Crippen MR) is 138 cm³/mol. The number of nitriles is 1. The molecule has 0 bridgehead atoms. The minimum absolute atomic E-state index is 0.378. The Morgan fingerprint density at radius 1 is 1.09 bits per heavy atom. The molecule has 4 rings (SSSR count). The summed E-state index contributed by atoms with van der Waals surface area (Å²) in [4.78, 5) is 0. The second-order valence-corrected chi connectivity index (χ2v) is 9.00. The van der Waals surface area contributed by atoms with Crippen molar-refractivity contribution in [1.82, 2.24) is 4.57 Å². The van der Waals surface area contributed by atoms with Gasteiger partial charge in [-0.3, -0.25) is 0 Å². The summed E-state index contributed by atoms with van der Waals surface area (Å²) in [5.41, 5.74) is 9.28. The normalized spacial score (nSPS) is 14.2. The quantitative estimate of drug-likeness (QED) is 0.425. The van der Waals surface area contributed by atoms with Crippen LogP contribution in [0.1, 0.15) is 76.1 Å². The van der Waals surface area contributed by atoms with Crippen LogP contribution < -0.4 is 5.32 Å². The smallest absolute Gasteiger partial charge is 0.0994 e. The Labute approximate surface area is 193 Å². The number of hydrogen-bond acceptors (Lipinski definition) is 2. The third kappa shape index (κ3) is 4.60. The first-order valence-corrected chi connectivity index (χ1v) is 12.0. The van der Waals surface area contributed by atoms with E-state index in [0.29, 0.717) is 12.1 Å². The third-order valence-corrected chi connectivity index (χ3v) is 6.42. The number of aryl methyl sites for hydroxylation is 1. The molecular formula is C29H37N3. The van der Waals surface area contributed by atoms with Crippen LogP contribution in [0.2, 0.25) is 0 Å². The van der Waals surface area contributed by atoms with Gasteiger partial charge < -0.3 is 9.88 Å². The fourth-order valence-corrected chi connectivity index (χ4v) is 4.72. The van der Waals surface area contributed by atoms with Crippen LogP contribution in [0.3, 0.4) is 0 Å². The molecule has 1 fully saturated rings. The van der Waals surface area contributed by atoms with Gasteiger partial charge in [0.25, 0.3) is 0 Å². The zero-order chi connectivity index (χ0) is 23.4. The van der Waals surface area contributed by atoms with E-state index >= 15 is 0 Å². The van der Waals surface area contributed by atoms with Gasteiger partial charge in [0.1, 0.15) is 0 Å². The number of rotatable bonds is 4. The van der Waals surface area contributed by atoms with E-state index in [1.807, 2.05) is 20.8 Å². The molecule has 1 aromatic heterocycles. The fraction of sp³-hybridized carbons (Fsp3) is 0.414. The summed E-state index contributed by atoms with van der Waals surface area (Å²) in [6.45, 7) is 16.7. The Kier molecular flexibility index (Phi) is 7.46. The Hall–Kier alpha value is -2.99. The Morgan fingerprint density at radius 2 is 1.78 bits per heavy atom. The van der Waals surface area contributed by atoms with Crippen LogP contribution in [0.15, 0.2) is 48.7 Å². The first kappa shape index (κ1) is 23.7. The average Bonchev–Trinajstić information content (AvgIpc) is 3.14. The molecule has 0 aliphatic heterocycles. The van der Waals surface area contributed by atoms with Crippen molar-refractivity contribution in [2.45, 2.75) is 79.3 Å². The Morgan fingerprint density at radius 3 is 2.41 bits per heavy atom. The zero-order valence-electron chi connectivity index (χ0n) is 20.5. The third-order valence-electron chi connectivity index (χ3n) is 6.42. The molecule has 1 aliphatic rings. The first-order chi connectivity index (χ1) is 15.4. The summed E-state index contributed by atoms with van der Waals surface area (Å²) in [6, 6.07) is 14.0. The molecule has 1 N–H and O–H groups in total. The van der Waals surface area contributed by atoms with Gasteiger partial charge in [-0.25, -0.2) is 0 Å². The van der Waals surface area contributed by atoms with E-state index in [1.165, 1.54) is 38.9 Å². The van der Waals surface area contributed by atoms with Crippen LogP contribution >= 0.6 is 0 Å². The van der Waals surface area contributed by atoms with E-state index in [4.69, 9.17) is 0 Å². The molecule has 32 heavy (non-hydrogen) atoms. The summed E-state index contributed by atoms with van der Waals surface area (Å²) in [5, 5.41) is 14.4. The van der Waals surface area contributed by atoms with Gasteiger partial charge >= 0.3 is 0 Å². The van der Waals surface area contributed by atoms with Crippen molar-refractivity contribution in [2.75, 3.05) is 5.32 Å². The Balaban J connectivity index is 0.00000141. The number of nitrogens with one attached hydrogen (secondary N) is 1. The van der Waals surface area contributed by atoms with Crippen LogP contribution in [-0.4, -0.2) is 10.6 Å². The summed E-state index contributed by atoms with van der Waals surface area (Å²) in [7, 11) is 0. The Bertz CT molecular complexity index is 1150. The number of anilines is 1. The lowest BCUT2D eigenvalue weighted by molar-refractivity contribution is 0.409. The highest BCUT2D eigenvalue weighted by molar-refractivity contribution is 5.99. The largest absolute Gasteiger partial charge is 0.383 e. The highest BCUT2D eigenvalue weighted by Gasteiger charge is 2.22. The van der Waals surface area contributed by atoms with Crippen LogP contribution in [0.25, 0.3) is 22.0 Å². The van der Waals surface area contributed by atoms with Gasteiger partial charge in [0.05, 0.1) is 11.6 Å². The van der Waals surface area contributed by atoms with Crippen molar-refractivity contribution in [3.05, 3.63) is 65.4 Å². The lowest BCUT2D eigenvalue weighted by atomic mass is 9.91. The number of hydrogen-bond donors (Lipinski definition) is 1. The molecule has 3 heteroatoms. The van der Waals surface area contributed by atoms with Crippen molar-refractivity contribution < 1.29 is 0 Å². The van der Waals surface area contributed by atoms with E-state index in [0.717, 1.165) is 36.8 Å². The summed E-state index contributed by atoms with van der Waals surface area (Å²) >= 11 is 0. The topological polar surface area (TPSA) is 40.8 Å². The monoisotopic (exact) mass is 427 g/mol. The van der Waals surface area contributed by atoms with Gasteiger partial charge in [-0.15, -0.1) is 0 Å². The highest BCUT2D eigenvalue weighted by atomic mass is 15.0. The maximum atomic E-state index is 9.65. The fourth-order valence-electron chi connectivity index (χ4n) is 4.72. The van der Waals surface area contributed by atoms with E-state index in [9.17, 15) is 5.26 Å². The molecule has 0 radical (unpaired) electrons. The highest BCUT2D eigenvalue weighted by Crippen LogP contribution is 2.40. The van der Waals surface area contributed by atoms with Crippen molar-refractivity contribution in [1.29, 1.82) is 5.26 Å². The standard InChI is InChI=1S/C27H31N3.C2H6/c1-17(2)29-26-8-6-7-23(20(26)5)25-16-30(22-11-9-18(3)10-12-22)27-13-19(4)21(15-28)14-24(25)27;1-2/h6-8,13-14,16-17,22,29H,3,9-12H2,1-2,4-5H3;1-2H3. The lowest BCUT2D eigenvalue weighted by Crippen LogP contribution is -2.12. The lowest BCUT2D eigenvalue weighted by Gasteiger charge is -2.25. The van der Waals surface area contributed by atoms with Gasteiger partial charge in [-0.1, -0.05) is 38.1 Å². The number of fused-ring (bicyclic) bond motifs is 1. The molecule has 0 unspecified atom stereocenters. The molecular weight excluding hydrogens is 390 g/mol.